The molecule has 1 heterocycles. The molecule has 6 aliphatic carbocycles. The lowest BCUT2D eigenvalue weighted by molar-refractivity contribution is -0.0399. The number of benzene rings is 5. The Morgan fingerprint density at radius 2 is 1.16 bits per heavy atom. The number of fused-ring (bicyclic) bond motifs is 7. The van der Waals surface area contributed by atoms with Gasteiger partial charge in [-0.25, -0.2) is 0 Å². The van der Waals surface area contributed by atoms with Crippen molar-refractivity contribution in [2.75, 3.05) is 4.90 Å². The van der Waals surface area contributed by atoms with Gasteiger partial charge in [-0.3, -0.25) is 0 Å². The van der Waals surface area contributed by atoms with E-state index in [0.29, 0.717) is 0 Å². The average molecular weight is 670 g/mol. The van der Waals surface area contributed by atoms with E-state index < -0.39 is 0 Å². The Morgan fingerprint density at radius 1 is 0.540 bits per heavy atom. The van der Waals surface area contributed by atoms with Gasteiger partial charge in [0.2, 0.25) is 0 Å². The van der Waals surface area contributed by atoms with Crippen molar-refractivity contribution in [2.45, 2.75) is 88.9 Å². The first-order valence-electron chi connectivity index (χ1n) is 19.3. The molecular formula is C48H47NS. The Hall–Kier alpha value is -3.88. The van der Waals surface area contributed by atoms with E-state index in [9.17, 15) is 0 Å². The number of nitrogens with zero attached hydrogens (tertiary/aromatic N) is 1. The van der Waals surface area contributed by atoms with Crippen LogP contribution in [0.25, 0.3) is 31.3 Å². The molecule has 1 nitrogen and oxygen atoms in total. The second-order valence-corrected chi connectivity index (χ2v) is 19.1. The maximum absolute atomic E-state index is 2.68. The zero-order valence-electron chi connectivity index (χ0n) is 29.9. The fourth-order valence-electron chi connectivity index (χ4n) is 12.4. The van der Waals surface area contributed by atoms with E-state index in [2.05, 4.69) is 136 Å². The molecule has 4 bridgehead atoms. The van der Waals surface area contributed by atoms with Crippen molar-refractivity contribution in [3.8, 4) is 11.1 Å². The van der Waals surface area contributed by atoms with Gasteiger partial charge >= 0.3 is 0 Å². The van der Waals surface area contributed by atoms with Crippen LogP contribution in [-0.2, 0) is 16.2 Å². The lowest BCUT2D eigenvalue weighted by atomic mass is 9.43. The molecule has 0 amide bonds. The van der Waals surface area contributed by atoms with Gasteiger partial charge in [0.05, 0.1) is 5.69 Å². The molecule has 2 heteroatoms. The molecule has 1 aromatic heterocycles. The molecule has 12 rings (SSSR count). The molecule has 0 unspecified atom stereocenters. The maximum Gasteiger partial charge on any atom is 0.0554 e. The zero-order valence-corrected chi connectivity index (χ0v) is 30.7. The summed E-state index contributed by atoms with van der Waals surface area (Å²) in [5.41, 5.74) is 13.6. The SMILES string of the molecule is CC1(C)CCC(C)(C)c2cc(N(c3ccc4c(c3)C3(c5ccccc5-4)C4CC5CC(C4)CC3C5)c3cccc4sc5ccccc5c34)ccc21. The largest absolute Gasteiger partial charge is 0.310 e. The Bertz CT molecular complexity index is 2340. The lowest BCUT2D eigenvalue weighted by Crippen LogP contribution is -2.55. The van der Waals surface area contributed by atoms with E-state index in [4.69, 9.17) is 0 Å². The highest BCUT2D eigenvalue weighted by molar-refractivity contribution is 7.26. The van der Waals surface area contributed by atoms with Crippen molar-refractivity contribution in [3.63, 3.8) is 0 Å². The summed E-state index contributed by atoms with van der Waals surface area (Å²) in [6.07, 6.45) is 9.55. The van der Waals surface area contributed by atoms with Crippen LogP contribution in [0.2, 0.25) is 0 Å². The van der Waals surface area contributed by atoms with E-state index in [-0.39, 0.29) is 16.2 Å². The molecule has 0 saturated heterocycles. The van der Waals surface area contributed by atoms with Gasteiger partial charge in [0.1, 0.15) is 0 Å². The Labute approximate surface area is 301 Å². The number of hydrogen-bond donors (Lipinski definition) is 0. The smallest absolute Gasteiger partial charge is 0.0554 e. The molecular weight excluding hydrogens is 623 g/mol. The number of thiophene rings is 1. The van der Waals surface area contributed by atoms with Crippen LogP contribution < -0.4 is 4.90 Å². The van der Waals surface area contributed by atoms with Crippen molar-refractivity contribution in [2.24, 2.45) is 23.7 Å². The molecule has 0 radical (unpaired) electrons. The number of hydrogen-bond acceptors (Lipinski definition) is 2. The van der Waals surface area contributed by atoms with Crippen LogP contribution in [0.5, 0.6) is 0 Å². The van der Waals surface area contributed by atoms with Crippen LogP contribution in [0.4, 0.5) is 17.1 Å². The van der Waals surface area contributed by atoms with E-state index in [0.717, 1.165) is 23.7 Å². The van der Waals surface area contributed by atoms with E-state index >= 15 is 0 Å². The summed E-state index contributed by atoms with van der Waals surface area (Å²) in [4.78, 5) is 2.65. The molecule has 1 spiro atoms. The fourth-order valence-corrected chi connectivity index (χ4v) is 13.5. The number of rotatable bonds is 3. The Kier molecular flexibility index (Phi) is 6.04. The molecule has 0 aliphatic heterocycles. The van der Waals surface area contributed by atoms with Gasteiger partial charge in [-0.2, -0.15) is 0 Å². The van der Waals surface area contributed by atoms with Crippen molar-refractivity contribution in [1.29, 1.82) is 0 Å². The normalized spacial score (nSPS) is 27.8. The monoisotopic (exact) mass is 669 g/mol. The van der Waals surface area contributed by atoms with Gasteiger partial charge in [-0.1, -0.05) is 88.4 Å². The van der Waals surface area contributed by atoms with Gasteiger partial charge in [-0.05, 0) is 155 Å². The summed E-state index contributed by atoms with van der Waals surface area (Å²) in [7, 11) is 0. The van der Waals surface area contributed by atoms with E-state index in [1.54, 1.807) is 11.1 Å². The Morgan fingerprint density at radius 3 is 1.94 bits per heavy atom. The Balaban J connectivity index is 1.18. The third kappa shape index (κ3) is 3.90. The predicted molar refractivity (Wildman–Crippen MR) is 213 cm³/mol. The first-order chi connectivity index (χ1) is 24.2. The first-order valence-corrected chi connectivity index (χ1v) is 20.1. The van der Waals surface area contributed by atoms with Crippen molar-refractivity contribution >= 4 is 48.6 Å². The molecule has 250 valence electrons. The predicted octanol–water partition coefficient (Wildman–Crippen LogP) is 13.6. The van der Waals surface area contributed by atoms with Crippen LogP contribution in [0.15, 0.2) is 103 Å². The molecule has 50 heavy (non-hydrogen) atoms. The fraction of sp³-hybridized carbons (Fsp3) is 0.375. The van der Waals surface area contributed by atoms with Gasteiger partial charge in [-0.15, -0.1) is 11.3 Å². The summed E-state index contributed by atoms with van der Waals surface area (Å²) in [6, 6.07) is 40.7. The minimum atomic E-state index is 0.137. The van der Waals surface area contributed by atoms with Crippen molar-refractivity contribution in [1.82, 2.24) is 0 Å². The summed E-state index contributed by atoms with van der Waals surface area (Å²) >= 11 is 1.92. The quantitative estimate of drug-likeness (QED) is 0.181. The summed E-state index contributed by atoms with van der Waals surface area (Å²) in [5, 5.41) is 2.73. The third-order valence-corrected chi connectivity index (χ3v) is 15.6. The molecule has 0 atom stereocenters. The lowest BCUT2D eigenvalue weighted by Gasteiger charge is -2.61. The minimum Gasteiger partial charge on any atom is -0.310 e. The van der Waals surface area contributed by atoms with Gasteiger partial charge in [0, 0.05) is 37.0 Å². The van der Waals surface area contributed by atoms with E-state index in [1.807, 2.05) is 11.3 Å². The standard InChI is InChI=1S/C48H47NS/c1-46(2)20-21-47(3,4)41-28-34(17-19-39(41)46)49(42-13-9-15-44-45(42)37-11-6-8-14-43(37)50-44)33-16-18-36-35-10-5-7-12-38(35)48(40(36)27-33)31-23-29-22-30(25-31)26-32(48)24-29/h5-19,27-32H,20-26H2,1-4H3. The zero-order chi connectivity index (χ0) is 33.6. The molecule has 0 N–H and O–H groups in total. The van der Waals surface area contributed by atoms with Gasteiger partial charge in [0.25, 0.3) is 0 Å². The molecule has 4 fully saturated rings. The number of anilines is 3. The average Bonchev–Trinajstić information content (AvgIpc) is 3.63. The molecule has 6 aromatic rings. The summed E-state index contributed by atoms with van der Waals surface area (Å²) in [5.74, 6) is 3.37. The third-order valence-electron chi connectivity index (χ3n) is 14.5. The topological polar surface area (TPSA) is 3.24 Å². The van der Waals surface area contributed by atoms with Gasteiger partial charge in [0.15, 0.2) is 0 Å². The second-order valence-electron chi connectivity index (χ2n) is 18.0. The minimum absolute atomic E-state index is 0.137. The summed E-state index contributed by atoms with van der Waals surface area (Å²) in [6.45, 7) is 9.81. The highest BCUT2D eigenvalue weighted by Crippen LogP contribution is 2.69. The maximum atomic E-state index is 2.68. The van der Waals surface area contributed by atoms with Crippen LogP contribution >= 0.6 is 11.3 Å². The highest BCUT2D eigenvalue weighted by Gasteiger charge is 2.61. The first kappa shape index (κ1) is 29.8. The summed E-state index contributed by atoms with van der Waals surface area (Å²) < 4.78 is 2.72. The van der Waals surface area contributed by atoms with Crippen LogP contribution in [-0.4, -0.2) is 0 Å². The molecule has 6 aliphatic rings. The van der Waals surface area contributed by atoms with Crippen molar-refractivity contribution in [3.05, 3.63) is 125 Å². The van der Waals surface area contributed by atoms with Crippen LogP contribution in [0.1, 0.15) is 94.9 Å². The molecule has 5 aromatic carbocycles. The second kappa shape index (κ2) is 10.1. The van der Waals surface area contributed by atoms with Gasteiger partial charge < -0.3 is 4.90 Å². The van der Waals surface area contributed by atoms with Crippen molar-refractivity contribution < 1.29 is 0 Å². The molecule has 4 saturated carbocycles. The van der Waals surface area contributed by atoms with Crippen LogP contribution in [0.3, 0.4) is 0 Å². The van der Waals surface area contributed by atoms with Crippen LogP contribution in [0, 0.1) is 23.7 Å². The van der Waals surface area contributed by atoms with E-state index in [1.165, 1.54) is 104 Å². The highest BCUT2D eigenvalue weighted by atomic mass is 32.1.